The van der Waals surface area contributed by atoms with Crippen LogP contribution in [0.1, 0.15) is 19.8 Å². The molecular weight excluding hydrogens is 182 g/mol. The molecule has 82 valence electrons. The van der Waals surface area contributed by atoms with Crippen LogP contribution in [0.5, 0.6) is 0 Å². The normalized spacial score (nSPS) is 11.5. The highest BCUT2D eigenvalue weighted by atomic mass is 16.5. The van der Waals surface area contributed by atoms with E-state index in [4.69, 9.17) is 5.11 Å². The lowest BCUT2D eigenvalue weighted by molar-refractivity contribution is -0.136. The quantitative estimate of drug-likeness (QED) is 0.357. The lowest BCUT2D eigenvalue weighted by Gasteiger charge is -2.01. The molecule has 0 unspecified atom stereocenters. The number of unbranched alkanes of at least 4 members (excludes halogenated alkanes) is 1. The summed E-state index contributed by atoms with van der Waals surface area (Å²) in [4.78, 5) is 10.9. The van der Waals surface area contributed by atoms with Crippen LogP contribution in [0.2, 0.25) is 0 Å². The van der Waals surface area contributed by atoms with E-state index >= 15 is 0 Å². The van der Waals surface area contributed by atoms with Crippen molar-refractivity contribution in [1.82, 2.24) is 5.32 Å². The SMILES string of the molecule is COC(=O)C(C)=CCNCCCCO. The predicted molar refractivity (Wildman–Crippen MR) is 55.0 cm³/mol. The van der Waals surface area contributed by atoms with E-state index in [2.05, 4.69) is 10.1 Å². The second-order valence-electron chi connectivity index (χ2n) is 3.01. The Morgan fingerprint density at radius 3 is 2.79 bits per heavy atom. The zero-order valence-corrected chi connectivity index (χ0v) is 8.88. The maximum Gasteiger partial charge on any atom is 0.333 e. The summed E-state index contributed by atoms with van der Waals surface area (Å²) in [6, 6.07) is 0. The Balaban J connectivity index is 3.46. The molecule has 0 aliphatic rings. The molecule has 0 rings (SSSR count). The number of carbonyl (C=O) groups excluding carboxylic acids is 1. The minimum Gasteiger partial charge on any atom is -0.466 e. The van der Waals surface area contributed by atoms with Crippen LogP contribution in [-0.4, -0.2) is 37.9 Å². The van der Waals surface area contributed by atoms with Gasteiger partial charge >= 0.3 is 5.97 Å². The van der Waals surface area contributed by atoms with Crippen LogP contribution in [0, 0.1) is 0 Å². The summed E-state index contributed by atoms with van der Waals surface area (Å²) < 4.78 is 4.54. The Bertz CT molecular complexity index is 190. The average Bonchev–Trinajstić information content (AvgIpc) is 2.21. The fourth-order valence-electron chi connectivity index (χ4n) is 0.933. The van der Waals surface area contributed by atoms with E-state index in [0.29, 0.717) is 12.1 Å². The van der Waals surface area contributed by atoms with Gasteiger partial charge in [0.05, 0.1) is 7.11 Å². The summed E-state index contributed by atoms with van der Waals surface area (Å²) in [5, 5.41) is 11.6. The van der Waals surface area contributed by atoms with Crippen LogP contribution < -0.4 is 5.32 Å². The van der Waals surface area contributed by atoms with Gasteiger partial charge in [-0.25, -0.2) is 4.79 Å². The van der Waals surface area contributed by atoms with E-state index in [-0.39, 0.29) is 12.6 Å². The Labute approximate surface area is 85.0 Å². The van der Waals surface area contributed by atoms with Crippen LogP contribution in [-0.2, 0) is 9.53 Å². The minimum absolute atomic E-state index is 0.235. The highest BCUT2D eigenvalue weighted by Gasteiger charge is 2.00. The van der Waals surface area contributed by atoms with Crippen molar-refractivity contribution in [3.63, 3.8) is 0 Å². The Morgan fingerprint density at radius 1 is 1.50 bits per heavy atom. The molecule has 0 aromatic carbocycles. The molecule has 0 aromatic heterocycles. The summed E-state index contributed by atoms with van der Waals surface area (Å²) in [5.74, 6) is -0.290. The van der Waals surface area contributed by atoms with Crippen LogP contribution in [0.4, 0.5) is 0 Å². The summed E-state index contributed by atoms with van der Waals surface area (Å²) in [7, 11) is 1.37. The lowest BCUT2D eigenvalue weighted by atomic mass is 10.3. The van der Waals surface area contributed by atoms with E-state index in [9.17, 15) is 4.79 Å². The molecule has 2 N–H and O–H groups in total. The Morgan fingerprint density at radius 2 is 2.21 bits per heavy atom. The standard InChI is InChI=1S/C10H19NO3/c1-9(10(13)14-2)5-7-11-6-3-4-8-12/h5,11-12H,3-4,6-8H2,1-2H3. The maximum atomic E-state index is 10.9. The molecule has 0 bridgehead atoms. The first-order chi connectivity index (χ1) is 6.72. The Kier molecular flexibility index (Phi) is 8.17. The highest BCUT2D eigenvalue weighted by Crippen LogP contribution is 1.93. The van der Waals surface area contributed by atoms with E-state index in [1.165, 1.54) is 7.11 Å². The topological polar surface area (TPSA) is 58.6 Å². The summed E-state index contributed by atoms with van der Waals surface area (Å²) in [5.41, 5.74) is 0.613. The van der Waals surface area contributed by atoms with Crippen molar-refractivity contribution in [2.75, 3.05) is 26.8 Å². The van der Waals surface area contributed by atoms with Gasteiger partial charge in [0, 0.05) is 18.7 Å². The minimum atomic E-state index is -0.290. The first kappa shape index (κ1) is 13.1. The van der Waals surface area contributed by atoms with Crippen molar-refractivity contribution in [2.24, 2.45) is 0 Å². The summed E-state index contributed by atoms with van der Waals surface area (Å²) in [6.45, 7) is 3.47. The molecule has 4 heteroatoms. The van der Waals surface area contributed by atoms with Crippen molar-refractivity contribution in [3.8, 4) is 0 Å². The molecule has 0 radical (unpaired) electrons. The maximum absolute atomic E-state index is 10.9. The molecule has 0 atom stereocenters. The fraction of sp³-hybridized carbons (Fsp3) is 0.700. The van der Waals surface area contributed by atoms with Gasteiger partial charge in [-0.05, 0) is 26.3 Å². The molecule has 14 heavy (non-hydrogen) atoms. The number of hydrogen-bond acceptors (Lipinski definition) is 4. The zero-order valence-electron chi connectivity index (χ0n) is 8.88. The fourth-order valence-corrected chi connectivity index (χ4v) is 0.933. The molecule has 0 saturated heterocycles. The van der Waals surface area contributed by atoms with Crippen molar-refractivity contribution in [2.45, 2.75) is 19.8 Å². The predicted octanol–water partition coefficient (Wildman–Crippen LogP) is 0.468. The number of aliphatic hydroxyl groups is 1. The molecule has 0 saturated carbocycles. The number of rotatable bonds is 7. The molecule has 0 aliphatic carbocycles. The number of aliphatic hydroxyl groups excluding tert-OH is 1. The van der Waals surface area contributed by atoms with Crippen LogP contribution in [0.3, 0.4) is 0 Å². The van der Waals surface area contributed by atoms with E-state index in [1.807, 2.05) is 0 Å². The number of esters is 1. The summed E-state index contributed by atoms with van der Waals surface area (Å²) in [6.07, 6.45) is 3.55. The number of carbonyl (C=O) groups is 1. The molecule has 0 spiro atoms. The average molecular weight is 201 g/mol. The van der Waals surface area contributed by atoms with Gasteiger partial charge < -0.3 is 15.2 Å². The Hall–Kier alpha value is -0.870. The third-order valence-electron chi connectivity index (χ3n) is 1.82. The monoisotopic (exact) mass is 201 g/mol. The van der Waals surface area contributed by atoms with Gasteiger partial charge in [0.25, 0.3) is 0 Å². The molecule has 0 fully saturated rings. The van der Waals surface area contributed by atoms with Crippen molar-refractivity contribution in [3.05, 3.63) is 11.6 Å². The van der Waals surface area contributed by atoms with E-state index in [0.717, 1.165) is 19.4 Å². The van der Waals surface area contributed by atoms with Gasteiger partial charge in [-0.3, -0.25) is 0 Å². The van der Waals surface area contributed by atoms with Gasteiger partial charge in [0.2, 0.25) is 0 Å². The first-order valence-electron chi connectivity index (χ1n) is 4.79. The number of nitrogens with one attached hydrogen (secondary N) is 1. The third kappa shape index (κ3) is 6.62. The van der Waals surface area contributed by atoms with Crippen LogP contribution >= 0.6 is 0 Å². The number of hydrogen-bond donors (Lipinski definition) is 2. The molecular formula is C10H19NO3. The third-order valence-corrected chi connectivity index (χ3v) is 1.82. The van der Waals surface area contributed by atoms with E-state index in [1.54, 1.807) is 13.0 Å². The zero-order chi connectivity index (χ0) is 10.8. The highest BCUT2D eigenvalue weighted by molar-refractivity contribution is 5.87. The van der Waals surface area contributed by atoms with Gasteiger partial charge in [-0.2, -0.15) is 0 Å². The summed E-state index contributed by atoms with van der Waals surface area (Å²) >= 11 is 0. The van der Waals surface area contributed by atoms with Gasteiger partial charge in [-0.1, -0.05) is 6.08 Å². The lowest BCUT2D eigenvalue weighted by Crippen LogP contribution is -2.16. The molecule has 0 aliphatic heterocycles. The molecule has 0 amide bonds. The van der Waals surface area contributed by atoms with Crippen LogP contribution in [0.15, 0.2) is 11.6 Å². The van der Waals surface area contributed by atoms with Crippen molar-refractivity contribution < 1.29 is 14.6 Å². The van der Waals surface area contributed by atoms with E-state index < -0.39 is 0 Å². The van der Waals surface area contributed by atoms with Crippen LogP contribution in [0.25, 0.3) is 0 Å². The smallest absolute Gasteiger partial charge is 0.333 e. The van der Waals surface area contributed by atoms with Gasteiger partial charge in [0.15, 0.2) is 0 Å². The number of methoxy groups -OCH3 is 1. The van der Waals surface area contributed by atoms with Gasteiger partial charge in [0.1, 0.15) is 0 Å². The molecule has 4 nitrogen and oxygen atoms in total. The molecule has 0 heterocycles. The second-order valence-corrected chi connectivity index (χ2v) is 3.01. The largest absolute Gasteiger partial charge is 0.466 e. The van der Waals surface area contributed by atoms with Crippen molar-refractivity contribution >= 4 is 5.97 Å². The van der Waals surface area contributed by atoms with Gasteiger partial charge in [-0.15, -0.1) is 0 Å². The number of ether oxygens (including phenoxy) is 1. The second kappa shape index (κ2) is 8.72. The van der Waals surface area contributed by atoms with Crippen molar-refractivity contribution in [1.29, 1.82) is 0 Å². The molecule has 0 aromatic rings. The first-order valence-corrected chi connectivity index (χ1v) is 4.79.